The molecule has 0 bridgehead atoms. The smallest absolute Gasteiger partial charge is 0.417 e. The molecule has 1 aromatic carbocycles. The molecule has 36 heavy (non-hydrogen) atoms. The third-order valence-electron chi connectivity index (χ3n) is 5.11. The second-order valence-corrected chi connectivity index (χ2v) is 7.68. The minimum absolute atomic E-state index is 0.0359. The molecule has 188 valence electrons. The molecule has 0 radical (unpaired) electrons. The van der Waals surface area contributed by atoms with Gasteiger partial charge in [0.05, 0.1) is 35.4 Å². The van der Waals surface area contributed by atoms with Gasteiger partial charge in [-0.05, 0) is 19.1 Å². The average molecular weight is 505 g/mol. The van der Waals surface area contributed by atoms with Gasteiger partial charge >= 0.3 is 6.18 Å². The summed E-state index contributed by atoms with van der Waals surface area (Å²) in [4.78, 5) is 20.9. The highest BCUT2D eigenvalue weighted by atomic mass is 19.4. The highest BCUT2D eigenvalue weighted by Gasteiger charge is 2.34. The summed E-state index contributed by atoms with van der Waals surface area (Å²) in [6.07, 6.45) is -3.81. The monoisotopic (exact) mass is 505 g/mol. The number of aryl methyl sites for hydroxylation is 1. The lowest BCUT2D eigenvalue weighted by Gasteiger charge is -2.15. The van der Waals surface area contributed by atoms with Crippen LogP contribution >= 0.6 is 0 Å². The fourth-order valence-corrected chi connectivity index (χ4v) is 3.45. The number of carbonyl (C=O) groups excluding carboxylic acids is 1. The quantitative estimate of drug-likeness (QED) is 0.330. The first-order valence-corrected chi connectivity index (χ1v) is 10.5. The van der Waals surface area contributed by atoms with Gasteiger partial charge in [-0.3, -0.25) is 9.78 Å². The van der Waals surface area contributed by atoms with Gasteiger partial charge in [0.1, 0.15) is 12.7 Å². The Morgan fingerprint density at radius 2 is 2.00 bits per heavy atom. The molecule has 13 heteroatoms. The Labute approximate surface area is 201 Å². The number of amides is 1. The molecule has 4 rings (SSSR count). The number of pyridine rings is 1. The number of fused-ring (bicyclic) bond motifs is 1. The third kappa shape index (κ3) is 4.97. The maximum atomic E-state index is 14.0. The van der Waals surface area contributed by atoms with Crippen LogP contribution in [0.4, 0.5) is 23.2 Å². The van der Waals surface area contributed by atoms with Crippen molar-refractivity contribution in [2.24, 2.45) is 0 Å². The second kappa shape index (κ2) is 9.87. The van der Waals surface area contributed by atoms with Crippen molar-refractivity contribution >= 4 is 17.2 Å². The van der Waals surface area contributed by atoms with Crippen molar-refractivity contribution in [2.75, 3.05) is 18.5 Å². The number of carbonyl (C=O) groups is 1. The number of rotatable bonds is 7. The van der Waals surface area contributed by atoms with Gasteiger partial charge in [0.25, 0.3) is 5.91 Å². The molecule has 3 heterocycles. The molecule has 0 aliphatic rings. The molecule has 4 aromatic rings. The van der Waals surface area contributed by atoms with Crippen LogP contribution in [0.25, 0.3) is 16.9 Å². The highest BCUT2D eigenvalue weighted by molar-refractivity contribution is 6.04. The molecular weight excluding hydrogens is 486 g/mol. The largest absolute Gasteiger partial charge is 0.487 e. The molecule has 0 saturated carbocycles. The van der Waals surface area contributed by atoms with Crippen molar-refractivity contribution in [1.29, 1.82) is 0 Å². The van der Waals surface area contributed by atoms with Crippen molar-refractivity contribution in [3.63, 3.8) is 0 Å². The van der Waals surface area contributed by atoms with Crippen LogP contribution in [0.1, 0.15) is 21.7 Å². The number of ether oxygens (including phenoxy) is 1. The normalized spacial score (nSPS) is 12.5. The first-order valence-electron chi connectivity index (χ1n) is 10.5. The summed E-state index contributed by atoms with van der Waals surface area (Å²) >= 11 is 0. The van der Waals surface area contributed by atoms with Gasteiger partial charge in [-0.2, -0.15) is 18.3 Å². The van der Waals surface area contributed by atoms with Crippen LogP contribution in [-0.4, -0.2) is 55.0 Å². The summed E-state index contributed by atoms with van der Waals surface area (Å²) in [5, 5.41) is 25.4. The lowest BCUT2D eigenvalue weighted by molar-refractivity contribution is -0.137. The number of hydrogen-bond donors (Lipinski definition) is 3. The molecule has 0 fully saturated rings. The van der Waals surface area contributed by atoms with Gasteiger partial charge in [0, 0.05) is 17.8 Å². The minimum Gasteiger partial charge on any atom is -0.487 e. The molecule has 0 aliphatic heterocycles. The van der Waals surface area contributed by atoms with E-state index < -0.39 is 42.8 Å². The van der Waals surface area contributed by atoms with E-state index in [0.717, 1.165) is 16.8 Å². The average Bonchev–Trinajstić information content (AvgIpc) is 3.19. The zero-order chi connectivity index (χ0) is 26.0. The molecule has 3 N–H and O–H groups in total. The standard InChI is InChI=1S/C23H19F4N5O4/c1-12-20(22(35)30-17-6-7-28-9-16(17)24)32-21(29-12)19(36-11-13(34)10-33)8-18(31-32)14-4-2-3-5-15(14)23(25,26)27/h2-9,13,33-34H,10-11H2,1H3,(H,28,30,35). The van der Waals surface area contributed by atoms with Gasteiger partial charge in [-0.25, -0.2) is 13.9 Å². The SMILES string of the molecule is Cc1nc2c(OCC(O)CO)cc(-c3ccccc3C(F)(F)F)nn2c1C(=O)Nc1ccncc1F. The number of anilines is 1. The summed E-state index contributed by atoms with van der Waals surface area (Å²) in [6, 6.07) is 7.14. The van der Waals surface area contributed by atoms with E-state index in [9.17, 15) is 27.5 Å². The summed E-state index contributed by atoms with van der Waals surface area (Å²) in [7, 11) is 0. The van der Waals surface area contributed by atoms with Gasteiger partial charge in [0.2, 0.25) is 0 Å². The third-order valence-corrected chi connectivity index (χ3v) is 5.11. The van der Waals surface area contributed by atoms with Crippen molar-refractivity contribution in [2.45, 2.75) is 19.2 Å². The maximum Gasteiger partial charge on any atom is 0.417 e. The molecule has 1 atom stereocenters. The molecule has 0 spiro atoms. The molecule has 9 nitrogen and oxygen atoms in total. The van der Waals surface area contributed by atoms with Crippen LogP contribution in [0.2, 0.25) is 0 Å². The summed E-state index contributed by atoms with van der Waals surface area (Å²) in [5.41, 5.74) is -1.73. The number of nitrogens with zero attached hydrogens (tertiary/aromatic N) is 4. The fourth-order valence-electron chi connectivity index (χ4n) is 3.45. The van der Waals surface area contributed by atoms with Crippen molar-refractivity contribution in [3.8, 4) is 17.0 Å². The highest BCUT2D eigenvalue weighted by Crippen LogP contribution is 2.37. The Balaban J connectivity index is 1.89. The molecule has 3 aromatic heterocycles. The Morgan fingerprint density at radius 3 is 2.69 bits per heavy atom. The number of aliphatic hydroxyl groups is 2. The van der Waals surface area contributed by atoms with E-state index >= 15 is 0 Å². The number of hydrogen-bond acceptors (Lipinski definition) is 7. The topological polar surface area (TPSA) is 122 Å². The maximum absolute atomic E-state index is 14.0. The Kier molecular flexibility index (Phi) is 6.86. The Hall–Kier alpha value is -4.10. The first kappa shape index (κ1) is 25.0. The molecule has 1 unspecified atom stereocenters. The number of aliphatic hydroxyl groups excluding tert-OH is 2. The van der Waals surface area contributed by atoms with Gasteiger partial charge in [0.15, 0.2) is 22.9 Å². The number of imidazole rings is 1. The van der Waals surface area contributed by atoms with Crippen LogP contribution in [-0.2, 0) is 6.18 Å². The number of benzene rings is 1. The van der Waals surface area contributed by atoms with E-state index in [4.69, 9.17) is 9.84 Å². The van der Waals surface area contributed by atoms with Crippen LogP contribution in [0.3, 0.4) is 0 Å². The van der Waals surface area contributed by atoms with E-state index in [-0.39, 0.29) is 39.7 Å². The molecule has 1 amide bonds. The lowest BCUT2D eigenvalue weighted by Crippen LogP contribution is -2.22. The molecule has 0 aliphatic carbocycles. The zero-order valence-corrected chi connectivity index (χ0v) is 18.6. The predicted octanol–water partition coefficient (Wildman–Crippen LogP) is 3.24. The minimum atomic E-state index is -4.70. The van der Waals surface area contributed by atoms with Crippen LogP contribution < -0.4 is 10.1 Å². The zero-order valence-electron chi connectivity index (χ0n) is 18.6. The van der Waals surface area contributed by atoms with E-state index in [2.05, 4.69) is 20.4 Å². The number of nitrogens with one attached hydrogen (secondary N) is 1. The van der Waals surface area contributed by atoms with E-state index in [0.29, 0.717) is 0 Å². The summed E-state index contributed by atoms with van der Waals surface area (Å²) < 4.78 is 61.6. The Morgan fingerprint density at radius 1 is 1.25 bits per heavy atom. The van der Waals surface area contributed by atoms with Gasteiger partial charge in [-0.15, -0.1) is 0 Å². The fraction of sp³-hybridized carbons (Fsp3) is 0.217. The number of alkyl halides is 3. The summed E-state index contributed by atoms with van der Waals surface area (Å²) in [6.45, 7) is 0.429. The van der Waals surface area contributed by atoms with Gasteiger partial charge in [-0.1, -0.05) is 18.2 Å². The predicted molar refractivity (Wildman–Crippen MR) is 119 cm³/mol. The number of halogens is 4. The molecular formula is C23H19F4N5O4. The number of aromatic nitrogens is 4. The van der Waals surface area contributed by atoms with Crippen molar-refractivity contribution in [1.82, 2.24) is 19.6 Å². The summed E-state index contributed by atoms with van der Waals surface area (Å²) in [5.74, 6) is -1.73. The van der Waals surface area contributed by atoms with E-state index in [1.807, 2.05) is 0 Å². The van der Waals surface area contributed by atoms with E-state index in [1.165, 1.54) is 43.5 Å². The Bertz CT molecular complexity index is 1420. The second-order valence-electron chi connectivity index (χ2n) is 7.68. The first-order chi connectivity index (χ1) is 17.1. The molecule has 0 saturated heterocycles. The van der Waals surface area contributed by atoms with Crippen molar-refractivity contribution in [3.05, 3.63) is 71.6 Å². The van der Waals surface area contributed by atoms with Crippen LogP contribution in [0.5, 0.6) is 5.75 Å². The lowest BCUT2D eigenvalue weighted by atomic mass is 10.0. The van der Waals surface area contributed by atoms with Crippen molar-refractivity contribution < 1.29 is 37.3 Å². The van der Waals surface area contributed by atoms with Crippen LogP contribution in [0.15, 0.2) is 48.8 Å². The van der Waals surface area contributed by atoms with Crippen LogP contribution in [0, 0.1) is 12.7 Å². The van der Waals surface area contributed by atoms with E-state index in [1.54, 1.807) is 0 Å². The van der Waals surface area contributed by atoms with Gasteiger partial charge < -0.3 is 20.3 Å².